The van der Waals surface area contributed by atoms with Gasteiger partial charge in [-0.05, 0) is 25.5 Å². The Morgan fingerprint density at radius 3 is 2.56 bits per heavy atom. The highest BCUT2D eigenvalue weighted by molar-refractivity contribution is 6.33. The maximum absolute atomic E-state index is 6.18. The number of anilines is 1. The molecule has 18 heavy (non-hydrogen) atoms. The van der Waals surface area contributed by atoms with E-state index >= 15 is 0 Å². The Morgan fingerprint density at radius 2 is 1.94 bits per heavy atom. The lowest BCUT2D eigenvalue weighted by molar-refractivity contribution is 1.00. The normalized spacial score (nSPS) is 10.4. The molecule has 0 fully saturated rings. The number of benzene rings is 1. The van der Waals surface area contributed by atoms with Crippen molar-refractivity contribution >= 4 is 17.4 Å². The van der Waals surface area contributed by atoms with Crippen molar-refractivity contribution in [2.45, 2.75) is 20.3 Å². The molecule has 0 bridgehead atoms. The van der Waals surface area contributed by atoms with Gasteiger partial charge >= 0.3 is 0 Å². The Morgan fingerprint density at radius 1 is 1.22 bits per heavy atom. The number of nitrogens with zero attached hydrogens (tertiary/aromatic N) is 2. The monoisotopic (exact) mass is 261 g/mol. The summed E-state index contributed by atoms with van der Waals surface area (Å²) in [6.45, 7) is 4.10. The number of aryl methyl sites for hydroxylation is 1. The minimum atomic E-state index is 0.666. The zero-order valence-corrected chi connectivity index (χ0v) is 11.5. The molecule has 1 aromatic carbocycles. The van der Waals surface area contributed by atoms with Crippen molar-refractivity contribution in [3.63, 3.8) is 0 Å². The van der Waals surface area contributed by atoms with Crippen molar-refractivity contribution in [1.29, 1.82) is 0 Å². The van der Waals surface area contributed by atoms with Crippen LogP contribution in [0.15, 0.2) is 24.3 Å². The van der Waals surface area contributed by atoms with Crippen LogP contribution in [0.5, 0.6) is 0 Å². The van der Waals surface area contributed by atoms with Gasteiger partial charge < -0.3 is 5.32 Å². The van der Waals surface area contributed by atoms with E-state index in [-0.39, 0.29) is 0 Å². The van der Waals surface area contributed by atoms with Gasteiger partial charge in [-0.15, -0.1) is 0 Å². The van der Waals surface area contributed by atoms with Crippen molar-refractivity contribution in [3.05, 3.63) is 40.5 Å². The third kappa shape index (κ3) is 2.31. The molecular formula is C14H16ClN3. The fourth-order valence-electron chi connectivity index (χ4n) is 1.99. The molecule has 0 spiro atoms. The summed E-state index contributed by atoms with van der Waals surface area (Å²) in [6.07, 6.45) is 0.908. The number of hydrogen-bond donors (Lipinski definition) is 1. The Bertz CT molecular complexity index is 567. The van der Waals surface area contributed by atoms with Crippen LogP contribution in [0.25, 0.3) is 11.4 Å². The number of hydrogen-bond acceptors (Lipinski definition) is 3. The summed E-state index contributed by atoms with van der Waals surface area (Å²) in [6, 6.07) is 7.62. The van der Waals surface area contributed by atoms with Gasteiger partial charge in [-0.2, -0.15) is 0 Å². The van der Waals surface area contributed by atoms with E-state index in [0.29, 0.717) is 10.8 Å². The number of nitrogens with one attached hydrogen (secondary N) is 1. The van der Waals surface area contributed by atoms with Crippen molar-refractivity contribution < 1.29 is 0 Å². The van der Waals surface area contributed by atoms with Crippen LogP contribution in [-0.4, -0.2) is 17.0 Å². The summed E-state index contributed by atoms with van der Waals surface area (Å²) < 4.78 is 0. The molecule has 0 saturated heterocycles. The molecule has 2 rings (SSSR count). The Balaban J connectivity index is 2.60. The molecule has 2 aromatic rings. The quantitative estimate of drug-likeness (QED) is 0.915. The average molecular weight is 262 g/mol. The summed E-state index contributed by atoms with van der Waals surface area (Å²) in [4.78, 5) is 9.10. The zero-order valence-electron chi connectivity index (χ0n) is 10.8. The molecule has 1 N–H and O–H groups in total. The summed E-state index contributed by atoms with van der Waals surface area (Å²) in [7, 11) is 1.87. The van der Waals surface area contributed by atoms with Crippen LogP contribution in [0.1, 0.15) is 18.2 Å². The van der Waals surface area contributed by atoms with Gasteiger partial charge in [0.25, 0.3) is 0 Å². The van der Waals surface area contributed by atoms with E-state index in [4.69, 9.17) is 11.6 Å². The van der Waals surface area contributed by atoms with E-state index in [2.05, 4.69) is 22.2 Å². The Labute approximate surface area is 112 Å². The molecule has 3 nitrogen and oxygen atoms in total. The smallest absolute Gasteiger partial charge is 0.163 e. The van der Waals surface area contributed by atoms with Crippen molar-refractivity contribution in [2.24, 2.45) is 0 Å². The second kappa shape index (κ2) is 5.36. The standard InChI is InChI=1S/C14H16ClN3/c1-4-10-9(2)17-14(18-13(10)16-3)11-7-5-6-8-12(11)15/h5-8H,4H2,1-3H3,(H,16,17,18). The van der Waals surface area contributed by atoms with Gasteiger partial charge in [0.05, 0.1) is 5.02 Å². The van der Waals surface area contributed by atoms with Gasteiger partial charge in [0.15, 0.2) is 5.82 Å². The maximum atomic E-state index is 6.18. The molecule has 0 saturated carbocycles. The van der Waals surface area contributed by atoms with Crippen LogP contribution in [0.4, 0.5) is 5.82 Å². The summed E-state index contributed by atoms with van der Waals surface area (Å²) in [5, 5.41) is 3.79. The Hall–Kier alpha value is -1.61. The summed E-state index contributed by atoms with van der Waals surface area (Å²) in [5.74, 6) is 1.54. The third-order valence-electron chi connectivity index (χ3n) is 2.92. The molecule has 0 amide bonds. The van der Waals surface area contributed by atoms with Crippen molar-refractivity contribution in [2.75, 3.05) is 12.4 Å². The fraction of sp³-hybridized carbons (Fsp3) is 0.286. The zero-order chi connectivity index (χ0) is 13.1. The SMILES string of the molecule is CCc1c(C)nc(-c2ccccc2Cl)nc1NC. The van der Waals surface area contributed by atoms with E-state index in [1.807, 2.05) is 38.2 Å². The number of aromatic nitrogens is 2. The first-order chi connectivity index (χ1) is 8.67. The van der Waals surface area contributed by atoms with Crippen molar-refractivity contribution in [1.82, 2.24) is 9.97 Å². The molecular weight excluding hydrogens is 246 g/mol. The molecule has 0 atom stereocenters. The molecule has 4 heteroatoms. The second-order valence-corrected chi connectivity index (χ2v) is 4.45. The molecule has 0 aliphatic heterocycles. The van der Waals surface area contributed by atoms with Gasteiger partial charge in [0, 0.05) is 23.9 Å². The number of halogens is 1. The van der Waals surface area contributed by atoms with E-state index in [1.165, 1.54) is 0 Å². The first-order valence-corrected chi connectivity index (χ1v) is 6.35. The second-order valence-electron chi connectivity index (χ2n) is 4.04. The maximum Gasteiger partial charge on any atom is 0.163 e. The lowest BCUT2D eigenvalue weighted by Gasteiger charge is -2.12. The fourth-order valence-corrected chi connectivity index (χ4v) is 2.21. The van der Waals surface area contributed by atoms with E-state index in [0.717, 1.165) is 29.1 Å². The van der Waals surface area contributed by atoms with E-state index in [9.17, 15) is 0 Å². The average Bonchev–Trinajstić information content (AvgIpc) is 2.38. The van der Waals surface area contributed by atoms with Gasteiger partial charge in [-0.3, -0.25) is 0 Å². The van der Waals surface area contributed by atoms with Gasteiger partial charge in [0.1, 0.15) is 5.82 Å². The van der Waals surface area contributed by atoms with Gasteiger partial charge in [-0.1, -0.05) is 30.7 Å². The minimum absolute atomic E-state index is 0.666. The van der Waals surface area contributed by atoms with Crippen LogP contribution in [-0.2, 0) is 6.42 Å². The highest BCUT2D eigenvalue weighted by atomic mass is 35.5. The van der Waals surface area contributed by atoms with Gasteiger partial charge in [-0.25, -0.2) is 9.97 Å². The largest absolute Gasteiger partial charge is 0.373 e. The number of rotatable bonds is 3. The van der Waals surface area contributed by atoms with Gasteiger partial charge in [0.2, 0.25) is 0 Å². The van der Waals surface area contributed by atoms with Crippen molar-refractivity contribution in [3.8, 4) is 11.4 Å². The minimum Gasteiger partial charge on any atom is -0.373 e. The summed E-state index contributed by atoms with van der Waals surface area (Å²) >= 11 is 6.18. The van der Waals surface area contributed by atoms with E-state index < -0.39 is 0 Å². The predicted octanol–water partition coefficient (Wildman–Crippen LogP) is 3.71. The highest BCUT2D eigenvalue weighted by Gasteiger charge is 2.12. The van der Waals surface area contributed by atoms with Crippen LogP contribution in [0, 0.1) is 6.92 Å². The summed E-state index contributed by atoms with van der Waals surface area (Å²) in [5.41, 5.74) is 3.00. The molecule has 1 heterocycles. The topological polar surface area (TPSA) is 37.8 Å². The predicted molar refractivity (Wildman–Crippen MR) is 76.1 cm³/mol. The third-order valence-corrected chi connectivity index (χ3v) is 3.25. The molecule has 0 radical (unpaired) electrons. The van der Waals surface area contributed by atoms with Crippen LogP contribution in [0.3, 0.4) is 0 Å². The van der Waals surface area contributed by atoms with Crippen LogP contribution >= 0.6 is 11.6 Å². The molecule has 0 unspecified atom stereocenters. The highest BCUT2D eigenvalue weighted by Crippen LogP contribution is 2.27. The lowest BCUT2D eigenvalue weighted by Crippen LogP contribution is -2.05. The van der Waals surface area contributed by atoms with Crippen LogP contribution in [0.2, 0.25) is 5.02 Å². The lowest BCUT2D eigenvalue weighted by atomic mass is 10.1. The molecule has 94 valence electrons. The molecule has 1 aromatic heterocycles. The first kappa shape index (κ1) is 12.8. The Kier molecular flexibility index (Phi) is 3.82. The molecule has 0 aliphatic rings. The first-order valence-electron chi connectivity index (χ1n) is 5.97. The van der Waals surface area contributed by atoms with Crippen LogP contribution < -0.4 is 5.32 Å². The molecule has 0 aliphatic carbocycles. The van der Waals surface area contributed by atoms with E-state index in [1.54, 1.807) is 0 Å².